The van der Waals surface area contributed by atoms with Crippen LogP contribution in [0.25, 0.3) is 16.8 Å². The van der Waals surface area contributed by atoms with Gasteiger partial charge in [0, 0.05) is 30.5 Å². The summed E-state index contributed by atoms with van der Waals surface area (Å²) in [7, 11) is 0. The highest BCUT2D eigenvalue weighted by Gasteiger charge is 2.56. The molecule has 0 radical (unpaired) electrons. The molecule has 4 nitrogen and oxygen atoms in total. The summed E-state index contributed by atoms with van der Waals surface area (Å²) < 4.78 is 34.6. The first-order valence-electron chi connectivity index (χ1n) is 8.63. The average Bonchev–Trinajstić information content (AvgIpc) is 3.02. The summed E-state index contributed by atoms with van der Waals surface area (Å²) in [5, 5.41) is 8.30. The van der Waals surface area contributed by atoms with E-state index in [9.17, 15) is 8.78 Å². The number of aromatic nitrogens is 3. The Kier molecular flexibility index (Phi) is 4.42. The largest absolute Gasteiger partial charge is 0.494 e. The number of rotatable bonds is 6. The first-order valence-corrected chi connectivity index (χ1v) is 9.42. The molecule has 2 aromatic heterocycles. The van der Waals surface area contributed by atoms with E-state index in [2.05, 4.69) is 33.1 Å². The summed E-state index contributed by atoms with van der Waals surface area (Å²) in [6.07, 6.45) is 2.98. The van der Waals surface area contributed by atoms with Gasteiger partial charge < -0.3 is 4.74 Å². The minimum atomic E-state index is -2.55. The third-order valence-corrected chi connectivity index (χ3v) is 5.39. The smallest absolute Gasteiger partial charge is 0.252 e. The van der Waals surface area contributed by atoms with E-state index in [1.807, 2.05) is 36.5 Å². The van der Waals surface area contributed by atoms with Crippen molar-refractivity contribution >= 4 is 21.6 Å². The molecule has 1 saturated carbocycles. The summed E-state index contributed by atoms with van der Waals surface area (Å²) in [6.45, 7) is 2.76. The van der Waals surface area contributed by atoms with Crippen molar-refractivity contribution in [3.05, 3.63) is 46.8 Å². The van der Waals surface area contributed by atoms with E-state index < -0.39 is 11.8 Å². The molecule has 2 heterocycles. The predicted molar refractivity (Wildman–Crippen MR) is 98.7 cm³/mol. The molecule has 0 saturated heterocycles. The molecular weight excluding hydrogens is 404 g/mol. The molecule has 1 fully saturated rings. The van der Waals surface area contributed by atoms with Gasteiger partial charge in [-0.05, 0) is 46.1 Å². The van der Waals surface area contributed by atoms with Gasteiger partial charge in [-0.15, -0.1) is 10.2 Å². The van der Waals surface area contributed by atoms with Gasteiger partial charge in [-0.1, -0.05) is 19.1 Å². The van der Waals surface area contributed by atoms with E-state index >= 15 is 0 Å². The Bertz CT molecular complexity index is 940. The maximum atomic E-state index is 13.2. The summed E-state index contributed by atoms with van der Waals surface area (Å²) in [4.78, 5) is 0. The Labute approximate surface area is 158 Å². The molecule has 1 atom stereocenters. The number of fused-ring (bicyclic) bond motifs is 1. The number of hydrogen-bond donors (Lipinski definition) is 0. The summed E-state index contributed by atoms with van der Waals surface area (Å²) >= 11 is 3.59. The minimum Gasteiger partial charge on any atom is -0.494 e. The second-order valence-corrected chi connectivity index (χ2v) is 7.39. The zero-order valence-electron chi connectivity index (χ0n) is 14.3. The summed E-state index contributed by atoms with van der Waals surface area (Å²) in [5.74, 6) is -1.77. The molecule has 26 heavy (non-hydrogen) atoms. The highest BCUT2D eigenvalue weighted by molar-refractivity contribution is 9.10. The number of ether oxygens (including phenoxy) is 1. The van der Waals surface area contributed by atoms with E-state index in [4.69, 9.17) is 4.74 Å². The second-order valence-electron chi connectivity index (χ2n) is 6.59. The second kappa shape index (κ2) is 6.61. The van der Waals surface area contributed by atoms with Crippen LogP contribution in [0.2, 0.25) is 0 Å². The molecule has 3 aromatic rings. The Morgan fingerprint density at radius 1 is 1.23 bits per heavy atom. The van der Waals surface area contributed by atoms with Crippen molar-refractivity contribution in [3.63, 3.8) is 0 Å². The van der Waals surface area contributed by atoms with Crippen molar-refractivity contribution in [2.45, 2.75) is 32.1 Å². The lowest BCUT2D eigenvalue weighted by molar-refractivity contribution is 0.0984. The third kappa shape index (κ3) is 3.20. The third-order valence-electron chi connectivity index (χ3n) is 4.61. The molecule has 4 rings (SSSR count). The van der Waals surface area contributed by atoms with Gasteiger partial charge in [-0.25, -0.2) is 8.78 Å². The molecule has 0 N–H and O–H groups in total. The van der Waals surface area contributed by atoms with Crippen LogP contribution in [0, 0.1) is 5.92 Å². The zero-order chi connectivity index (χ0) is 18.3. The Hall–Kier alpha value is -2.02. The standard InChI is InChI=1S/C19H18BrF2N3O/c1-2-9-26-14-5-3-12(4-6-14)15-7-8-25-16(10-13-11-19(13,21)22)23-24-18(25)17(15)20/h3-8,13H,2,9-11H2,1H3. The van der Waals surface area contributed by atoms with Crippen LogP contribution >= 0.6 is 15.9 Å². The number of halogens is 3. The van der Waals surface area contributed by atoms with Crippen LogP contribution in [0.3, 0.4) is 0 Å². The van der Waals surface area contributed by atoms with Crippen molar-refractivity contribution < 1.29 is 13.5 Å². The highest BCUT2D eigenvalue weighted by Crippen LogP contribution is 2.50. The van der Waals surface area contributed by atoms with Gasteiger partial charge >= 0.3 is 0 Å². The van der Waals surface area contributed by atoms with Gasteiger partial charge in [-0.3, -0.25) is 4.40 Å². The predicted octanol–water partition coefficient (Wildman–Crippen LogP) is 5.15. The van der Waals surface area contributed by atoms with Crippen LogP contribution in [0.4, 0.5) is 8.78 Å². The van der Waals surface area contributed by atoms with E-state index in [-0.39, 0.29) is 12.8 Å². The van der Waals surface area contributed by atoms with E-state index in [1.165, 1.54) is 0 Å². The van der Waals surface area contributed by atoms with Gasteiger partial charge in [0.1, 0.15) is 11.6 Å². The molecular formula is C19H18BrF2N3O. The van der Waals surface area contributed by atoms with Gasteiger partial charge in [-0.2, -0.15) is 0 Å². The molecule has 1 aromatic carbocycles. The average molecular weight is 422 g/mol. The fraction of sp³-hybridized carbons (Fsp3) is 0.368. The zero-order valence-corrected chi connectivity index (χ0v) is 15.8. The van der Waals surface area contributed by atoms with E-state index in [0.717, 1.165) is 27.8 Å². The van der Waals surface area contributed by atoms with Crippen LogP contribution in [0.1, 0.15) is 25.6 Å². The fourth-order valence-corrected chi connectivity index (χ4v) is 3.63. The maximum Gasteiger partial charge on any atom is 0.252 e. The Morgan fingerprint density at radius 2 is 1.96 bits per heavy atom. The van der Waals surface area contributed by atoms with E-state index in [1.54, 1.807) is 4.40 Å². The molecule has 0 spiro atoms. The van der Waals surface area contributed by atoms with Gasteiger partial charge in [0.05, 0.1) is 11.1 Å². The first kappa shape index (κ1) is 17.4. The normalized spacial score (nSPS) is 18.2. The molecule has 0 bridgehead atoms. The fourth-order valence-electron chi connectivity index (χ4n) is 3.00. The van der Waals surface area contributed by atoms with Crippen LogP contribution in [-0.4, -0.2) is 27.1 Å². The summed E-state index contributed by atoms with van der Waals surface area (Å²) in [5.41, 5.74) is 2.62. The first-order chi connectivity index (χ1) is 12.5. The van der Waals surface area contributed by atoms with Crippen molar-refractivity contribution in [2.75, 3.05) is 6.61 Å². The summed E-state index contributed by atoms with van der Waals surface area (Å²) in [6, 6.07) is 9.79. The monoisotopic (exact) mass is 421 g/mol. The number of nitrogens with zero attached hydrogens (tertiary/aromatic N) is 3. The van der Waals surface area contributed by atoms with Crippen molar-refractivity contribution in [1.82, 2.24) is 14.6 Å². The minimum absolute atomic E-state index is 0.0619. The SMILES string of the molecule is CCCOc1ccc(-c2ccn3c(CC4CC4(F)F)nnc3c2Br)cc1. The number of alkyl halides is 2. The lowest BCUT2D eigenvalue weighted by Crippen LogP contribution is -2.02. The number of benzene rings is 1. The van der Waals surface area contributed by atoms with Crippen LogP contribution in [-0.2, 0) is 6.42 Å². The quantitative estimate of drug-likeness (QED) is 0.552. The van der Waals surface area contributed by atoms with Crippen molar-refractivity contribution in [2.24, 2.45) is 5.92 Å². The molecule has 7 heteroatoms. The van der Waals surface area contributed by atoms with Crippen LogP contribution in [0.5, 0.6) is 5.75 Å². The van der Waals surface area contributed by atoms with Gasteiger partial charge in [0.2, 0.25) is 0 Å². The van der Waals surface area contributed by atoms with Gasteiger partial charge in [0.15, 0.2) is 5.65 Å². The van der Waals surface area contributed by atoms with Crippen molar-refractivity contribution in [3.8, 4) is 16.9 Å². The highest BCUT2D eigenvalue weighted by atomic mass is 79.9. The van der Waals surface area contributed by atoms with Gasteiger partial charge in [0.25, 0.3) is 5.92 Å². The molecule has 1 aliphatic rings. The lowest BCUT2D eigenvalue weighted by Gasteiger charge is -2.09. The molecule has 1 aliphatic carbocycles. The maximum absolute atomic E-state index is 13.2. The Balaban J connectivity index is 1.62. The van der Waals surface area contributed by atoms with E-state index in [0.29, 0.717) is 18.1 Å². The number of pyridine rings is 1. The van der Waals surface area contributed by atoms with Crippen LogP contribution in [0.15, 0.2) is 41.0 Å². The Morgan fingerprint density at radius 3 is 2.62 bits per heavy atom. The van der Waals surface area contributed by atoms with Crippen molar-refractivity contribution in [1.29, 1.82) is 0 Å². The van der Waals surface area contributed by atoms with Crippen LogP contribution < -0.4 is 4.74 Å². The molecule has 1 unspecified atom stereocenters. The topological polar surface area (TPSA) is 39.4 Å². The molecule has 0 amide bonds. The lowest BCUT2D eigenvalue weighted by atomic mass is 10.1. The molecule has 136 valence electrons. The number of hydrogen-bond acceptors (Lipinski definition) is 3. The molecule has 0 aliphatic heterocycles.